The molecule has 18 heavy (non-hydrogen) atoms. The predicted octanol–water partition coefficient (Wildman–Crippen LogP) is 3.54. The molecule has 0 aliphatic rings. The number of hydrogen-bond donors (Lipinski definition) is 0. The van der Waals surface area contributed by atoms with Crippen LogP contribution < -0.4 is 10.6 Å². The van der Waals surface area contributed by atoms with Crippen molar-refractivity contribution in [3.8, 4) is 0 Å². The van der Waals surface area contributed by atoms with Gasteiger partial charge in [-0.25, -0.2) is 0 Å². The van der Waals surface area contributed by atoms with Crippen LogP contribution in [0.15, 0.2) is 54.6 Å². The van der Waals surface area contributed by atoms with Crippen LogP contribution >= 0.6 is 17.0 Å². The van der Waals surface area contributed by atoms with Crippen molar-refractivity contribution in [3.05, 3.63) is 60.2 Å². The second-order valence-electron chi connectivity index (χ2n) is 4.15. The van der Waals surface area contributed by atoms with Gasteiger partial charge < -0.3 is 0 Å². The summed E-state index contributed by atoms with van der Waals surface area (Å²) in [5, 5.41) is 2.29. The summed E-state index contributed by atoms with van der Waals surface area (Å²) in [4.78, 5) is 0. The number of rotatable bonds is 6. The van der Waals surface area contributed by atoms with Crippen molar-refractivity contribution in [3.63, 3.8) is 0 Å². The molecule has 92 valence electrons. The minimum Gasteiger partial charge on any atom is -0.269 e. The highest BCUT2D eigenvalue weighted by Gasteiger charge is 1.96. The van der Waals surface area contributed by atoms with Crippen molar-refractivity contribution in [1.29, 1.82) is 0 Å². The van der Waals surface area contributed by atoms with Crippen LogP contribution in [0.4, 0.5) is 0 Å². The quantitative estimate of drug-likeness (QED) is 0.581. The fourth-order valence-electron chi connectivity index (χ4n) is 1.80. The highest BCUT2D eigenvalue weighted by molar-refractivity contribution is 7.47. The molecule has 1 atom stereocenters. The molecule has 0 aliphatic heterocycles. The number of aryl methyl sites for hydroxylation is 1. The average Bonchev–Trinajstić information content (AvgIpc) is 2.45. The first kappa shape index (κ1) is 13.4. The van der Waals surface area contributed by atoms with Gasteiger partial charge in [-0.2, -0.15) is 0 Å². The second kappa shape index (κ2) is 7.41. The molecule has 0 bridgehead atoms. The second-order valence-corrected chi connectivity index (χ2v) is 6.28. The van der Waals surface area contributed by atoms with Crippen LogP contribution in [0.3, 0.4) is 0 Å². The molecule has 0 aliphatic carbocycles. The van der Waals surface area contributed by atoms with Gasteiger partial charge in [0, 0.05) is 5.30 Å². The van der Waals surface area contributed by atoms with Crippen LogP contribution in [0.2, 0.25) is 0 Å². The summed E-state index contributed by atoms with van der Waals surface area (Å²) in [6.07, 6.45) is 3.56. The summed E-state index contributed by atoms with van der Waals surface area (Å²) in [5.74, 6) is 0. The number of hydrogen-bond acceptors (Lipinski definition) is 1. The van der Waals surface area contributed by atoms with Crippen molar-refractivity contribution in [2.45, 2.75) is 12.8 Å². The minimum absolute atomic E-state index is 0.108. The Balaban J connectivity index is 1.73. The largest absolute Gasteiger partial charge is 0.269 e. The Kier molecular flexibility index (Phi) is 5.52. The van der Waals surface area contributed by atoms with E-state index in [4.69, 9.17) is 0 Å². The molecular formula is C15H16OP2. The lowest BCUT2D eigenvalue weighted by atomic mass is 10.1. The van der Waals surface area contributed by atoms with Gasteiger partial charge in [0.1, 0.15) is 0 Å². The van der Waals surface area contributed by atoms with Gasteiger partial charge >= 0.3 is 0 Å². The highest BCUT2D eigenvalue weighted by atomic mass is 31.1. The number of benzene rings is 2. The van der Waals surface area contributed by atoms with E-state index in [2.05, 4.69) is 42.5 Å². The fraction of sp³-hybridized carbons (Fsp3) is 0.200. The average molecular weight is 274 g/mol. The SMILES string of the molecule is O=Pc1ccc(CCCPc2ccccc2)cc1. The van der Waals surface area contributed by atoms with E-state index in [-0.39, 0.29) is 8.46 Å². The van der Waals surface area contributed by atoms with E-state index in [1.807, 2.05) is 12.1 Å². The van der Waals surface area contributed by atoms with Gasteiger partial charge in [0.15, 0.2) is 8.46 Å². The molecule has 1 nitrogen and oxygen atoms in total. The van der Waals surface area contributed by atoms with Crippen molar-refractivity contribution >= 4 is 27.6 Å². The van der Waals surface area contributed by atoms with E-state index < -0.39 is 0 Å². The lowest BCUT2D eigenvalue weighted by molar-refractivity contribution is 0.603. The Bertz CT molecular complexity index is 480. The van der Waals surface area contributed by atoms with Gasteiger partial charge in [0.2, 0.25) is 0 Å². The fourth-order valence-corrected chi connectivity index (χ4v) is 3.15. The first-order chi connectivity index (χ1) is 8.88. The van der Waals surface area contributed by atoms with Crippen LogP contribution in [-0.4, -0.2) is 6.16 Å². The molecule has 0 saturated carbocycles. The van der Waals surface area contributed by atoms with E-state index >= 15 is 0 Å². The maximum atomic E-state index is 10.6. The maximum absolute atomic E-state index is 10.6. The summed E-state index contributed by atoms with van der Waals surface area (Å²) < 4.78 is 10.6. The third-order valence-corrected chi connectivity index (χ3v) is 4.64. The molecule has 0 radical (unpaired) electrons. The van der Waals surface area contributed by atoms with Gasteiger partial charge in [-0.1, -0.05) is 51.0 Å². The summed E-state index contributed by atoms with van der Waals surface area (Å²) in [5.41, 5.74) is 1.33. The summed E-state index contributed by atoms with van der Waals surface area (Å²) in [6, 6.07) is 18.7. The van der Waals surface area contributed by atoms with Gasteiger partial charge in [0.25, 0.3) is 0 Å². The molecule has 0 aromatic heterocycles. The van der Waals surface area contributed by atoms with Gasteiger partial charge in [0.05, 0.1) is 0 Å². The molecule has 0 spiro atoms. The first-order valence-electron chi connectivity index (χ1n) is 6.10. The zero-order valence-corrected chi connectivity index (χ0v) is 12.1. The normalized spacial score (nSPS) is 11.3. The van der Waals surface area contributed by atoms with Crippen molar-refractivity contribution in [2.75, 3.05) is 6.16 Å². The third-order valence-electron chi connectivity index (χ3n) is 2.79. The lowest BCUT2D eigenvalue weighted by Gasteiger charge is -2.03. The molecule has 0 fully saturated rings. The van der Waals surface area contributed by atoms with Crippen molar-refractivity contribution < 1.29 is 4.57 Å². The van der Waals surface area contributed by atoms with E-state index in [1.165, 1.54) is 23.5 Å². The summed E-state index contributed by atoms with van der Waals surface area (Å²) in [6.45, 7) is 0. The molecule has 2 aromatic carbocycles. The predicted molar refractivity (Wildman–Crippen MR) is 81.3 cm³/mol. The molecular weight excluding hydrogens is 258 g/mol. The Morgan fingerprint density at radius 2 is 1.67 bits per heavy atom. The van der Waals surface area contributed by atoms with Crippen LogP contribution in [0.5, 0.6) is 0 Å². The summed E-state index contributed by atoms with van der Waals surface area (Å²) >= 11 is 0. The Morgan fingerprint density at radius 3 is 2.33 bits per heavy atom. The molecule has 0 saturated heterocycles. The van der Waals surface area contributed by atoms with Gasteiger partial charge in [-0.05, 0) is 42.0 Å². The zero-order valence-electron chi connectivity index (χ0n) is 10.2. The molecule has 0 amide bonds. The Morgan fingerprint density at radius 1 is 0.944 bits per heavy atom. The van der Waals surface area contributed by atoms with Crippen LogP contribution in [-0.2, 0) is 11.0 Å². The van der Waals surface area contributed by atoms with Gasteiger partial charge in [-0.15, -0.1) is 0 Å². The van der Waals surface area contributed by atoms with E-state index in [0.29, 0.717) is 0 Å². The van der Waals surface area contributed by atoms with E-state index in [9.17, 15) is 4.57 Å². The standard InChI is InChI=1S/C15H16OP2/c16-18-15-10-8-13(9-11-15)5-4-12-17-14-6-2-1-3-7-14/h1-3,6-11,17H,4-5,12H2. The maximum Gasteiger partial charge on any atom is 0.192 e. The van der Waals surface area contributed by atoms with Gasteiger partial charge in [-0.3, -0.25) is 4.57 Å². The van der Waals surface area contributed by atoms with Crippen LogP contribution in [0, 0.1) is 0 Å². The first-order valence-corrected chi connectivity index (χ1v) is 8.11. The minimum atomic E-state index is 0.108. The third kappa shape index (κ3) is 4.33. The zero-order chi connectivity index (χ0) is 12.6. The molecule has 3 heteroatoms. The van der Waals surface area contributed by atoms with Crippen LogP contribution in [0.1, 0.15) is 12.0 Å². The topological polar surface area (TPSA) is 17.1 Å². The smallest absolute Gasteiger partial charge is 0.192 e. The monoisotopic (exact) mass is 274 g/mol. The van der Waals surface area contributed by atoms with E-state index in [1.54, 1.807) is 0 Å². The summed E-state index contributed by atoms with van der Waals surface area (Å²) in [7, 11) is 1.01. The molecule has 1 unspecified atom stereocenters. The highest BCUT2D eigenvalue weighted by Crippen LogP contribution is 2.13. The Labute approximate surface area is 112 Å². The molecule has 2 rings (SSSR count). The van der Waals surface area contributed by atoms with Crippen molar-refractivity contribution in [2.24, 2.45) is 0 Å². The Hall–Kier alpha value is -1.03. The molecule has 2 aromatic rings. The van der Waals surface area contributed by atoms with Crippen LogP contribution in [0.25, 0.3) is 0 Å². The van der Waals surface area contributed by atoms with E-state index in [0.717, 1.165) is 20.3 Å². The molecule has 0 heterocycles. The molecule has 0 N–H and O–H groups in total. The lowest BCUT2D eigenvalue weighted by Crippen LogP contribution is -1.96. The van der Waals surface area contributed by atoms with Crippen molar-refractivity contribution in [1.82, 2.24) is 0 Å².